The lowest BCUT2D eigenvalue weighted by Crippen LogP contribution is -1.97. The topological polar surface area (TPSA) is 48.1 Å². The highest BCUT2D eigenvalue weighted by molar-refractivity contribution is 7.07. The zero-order valence-corrected chi connectivity index (χ0v) is 11.6. The number of thiazole rings is 1. The highest BCUT2D eigenvalue weighted by atomic mass is 32.1. The maximum Gasteiger partial charge on any atom is 0.129 e. The molecular formula is C16H14N2OS. The van der Waals surface area contributed by atoms with Crippen molar-refractivity contribution in [2.75, 3.05) is 5.73 Å². The SMILES string of the molecule is Nc1ccc(COc2ccccc2-c2cscn2)cc1. The number of nitrogen functional groups attached to an aromatic ring is 1. The van der Waals surface area contributed by atoms with E-state index in [2.05, 4.69) is 4.98 Å². The van der Waals surface area contributed by atoms with Gasteiger partial charge >= 0.3 is 0 Å². The Kier molecular flexibility index (Phi) is 3.65. The molecule has 0 radical (unpaired) electrons. The van der Waals surface area contributed by atoms with Gasteiger partial charge < -0.3 is 10.5 Å². The van der Waals surface area contributed by atoms with Crippen LogP contribution < -0.4 is 10.5 Å². The number of anilines is 1. The molecule has 1 heterocycles. The number of ether oxygens (including phenoxy) is 1. The number of hydrogen-bond donors (Lipinski definition) is 1. The van der Waals surface area contributed by atoms with Gasteiger partial charge in [0.25, 0.3) is 0 Å². The van der Waals surface area contributed by atoms with Gasteiger partial charge in [0.05, 0.1) is 11.2 Å². The van der Waals surface area contributed by atoms with Crippen LogP contribution in [-0.2, 0) is 6.61 Å². The summed E-state index contributed by atoms with van der Waals surface area (Å²) in [7, 11) is 0. The molecule has 0 bridgehead atoms. The third-order valence-corrected chi connectivity index (χ3v) is 3.56. The molecule has 0 aliphatic rings. The lowest BCUT2D eigenvalue weighted by Gasteiger charge is -2.10. The van der Waals surface area contributed by atoms with Crippen LogP contribution in [0.3, 0.4) is 0 Å². The summed E-state index contributed by atoms with van der Waals surface area (Å²) >= 11 is 1.58. The van der Waals surface area contributed by atoms with Crippen molar-refractivity contribution in [2.45, 2.75) is 6.61 Å². The highest BCUT2D eigenvalue weighted by Gasteiger charge is 2.07. The second-order valence-electron chi connectivity index (χ2n) is 4.40. The van der Waals surface area contributed by atoms with Crippen molar-refractivity contribution in [2.24, 2.45) is 0 Å². The van der Waals surface area contributed by atoms with Crippen molar-refractivity contribution in [3.05, 3.63) is 65.0 Å². The van der Waals surface area contributed by atoms with Gasteiger partial charge in [-0.3, -0.25) is 0 Å². The van der Waals surface area contributed by atoms with Gasteiger partial charge in [0.1, 0.15) is 12.4 Å². The van der Waals surface area contributed by atoms with Crippen molar-refractivity contribution in [3.63, 3.8) is 0 Å². The summed E-state index contributed by atoms with van der Waals surface area (Å²) in [4.78, 5) is 4.34. The Morgan fingerprint density at radius 2 is 1.85 bits per heavy atom. The van der Waals surface area contributed by atoms with Gasteiger partial charge in [-0.15, -0.1) is 11.3 Å². The van der Waals surface area contributed by atoms with Crippen LogP contribution in [0.5, 0.6) is 5.75 Å². The summed E-state index contributed by atoms with van der Waals surface area (Å²) in [5.74, 6) is 0.843. The molecule has 0 aliphatic carbocycles. The van der Waals surface area contributed by atoms with Crippen LogP contribution in [0.15, 0.2) is 59.4 Å². The normalized spacial score (nSPS) is 10.4. The van der Waals surface area contributed by atoms with Crippen molar-refractivity contribution in [3.8, 4) is 17.0 Å². The smallest absolute Gasteiger partial charge is 0.129 e. The number of hydrogen-bond acceptors (Lipinski definition) is 4. The fourth-order valence-electron chi connectivity index (χ4n) is 1.92. The number of benzene rings is 2. The van der Waals surface area contributed by atoms with E-state index in [1.54, 1.807) is 11.3 Å². The molecule has 4 heteroatoms. The molecule has 2 aromatic carbocycles. The van der Waals surface area contributed by atoms with Crippen LogP contribution in [0.4, 0.5) is 5.69 Å². The molecule has 0 spiro atoms. The lowest BCUT2D eigenvalue weighted by molar-refractivity contribution is 0.307. The fourth-order valence-corrected chi connectivity index (χ4v) is 2.48. The van der Waals surface area contributed by atoms with Crippen molar-refractivity contribution < 1.29 is 4.74 Å². The Hall–Kier alpha value is -2.33. The lowest BCUT2D eigenvalue weighted by atomic mass is 10.1. The summed E-state index contributed by atoms with van der Waals surface area (Å²) in [5, 5.41) is 2.02. The predicted molar refractivity (Wildman–Crippen MR) is 82.7 cm³/mol. The van der Waals surface area contributed by atoms with Gasteiger partial charge in [-0.1, -0.05) is 24.3 Å². The molecule has 1 aromatic heterocycles. The van der Waals surface area contributed by atoms with E-state index in [1.165, 1.54) is 0 Å². The maximum absolute atomic E-state index is 5.91. The highest BCUT2D eigenvalue weighted by Crippen LogP contribution is 2.29. The Balaban J connectivity index is 1.79. The van der Waals surface area contributed by atoms with Crippen molar-refractivity contribution >= 4 is 17.0 Å². The van der Waals surface area contributed by atoms with Crippen LogP contribution in [-0.4, -0.2) is 4.98 Å². The van der Waals surface area contributed by atoms with Crippen LogP contribution in [0.1, 0.15) is 5.56 Å². The zero-order chi connectivity index (χ0) is 13.8. The molecule has 100 valence electrons. The van der Waals surface area contributed by atoms with Gasteiger partial charge in [0.2, 0.25) is 0 Å². The molecule has 0 atom stereocenters. The minimum absolute atomic E-state index is 0.515. The second-order valence-corrected chi connectivity index (χ2v) is 5.12. The fraction of sp³-hybridized carbons (Fsp3) is 0.0625. The Morgan fingerprint density at radius 1 is 1.05 bits per heavy atom. The summed E-state index contributed by atoms with van der Waals surface area (Å²) in [6.07, 6.45) is 0. The number of rotatable bonds is 4. The maximum atomic E-state index is 5.91. The average molecular weight is 282 g/mol. The molecule has 0 aliphatic heterocycles. The minimum atomic E-state index is 0.515. The van der Waals surface area contributed by atoms with E-state index in [4.69, 9.17) is 10.5 Å². The molecule has 2 N–H and O–H groups in total. The van der Waals surface area contributed by atoms with E-state index in [0.29, 0.717) is 6.61 Å². The zero-order valence-electron chi connectivity index (χ0n) is 10.8. The van der Waals surface area contributed by atoms with E-state index >= 15 is 0 Å². The predicted octanol–water partition coefficient (Wildman–Crippen LogP) is 3.97. The average Bonchev–Trinajstić information content (AvgIpc) is 3.01. The van der Waals surface area contributed by atoms with Crippen LogP contribution in [0.2, 0.25) is 0 Å². The monoisotopic (exact) mass is 282 g/mol. The van der Waals surface area contributed by atoms with E-state index in [1.807, 2.05) is 59.4 Å². The summed E-state index contributed by atoms with van der Waals surface area (Å²) in [6, 6.07) is 15.6. The van der Waals surface area contributed by atoms with E-state index in [9.17, 15) is 0 Å². The molecule has 3 rings (SSSR count). The molecule has 0 amide bonds. The van der Waals surface area contributed by atoms with Crippen molar-refractivity contribution in [1.29, 1.82) is 0 Å². The third kappa shape index (κ3) is 2.81. The van der Waals surface area contributed by atoms with Gasteiger partial charge in [0.15, 0.2) is 0 Å². The summed E-state index contributed by atoms with van der Waals surface area (Å²) in [5.41, 5.74) is 11.3. The van der Waals surface area contributed by atoms with Crippen LogP contribution in [0.25, 0.3) is 11.3 Å². The van der Waals surface area contributed by atoms with E-state index in [0.717, 1.165) is 28.3 Å². The van der Waals surface area contributed by atoms with Gasteiger partial charge in [-0.25, -0.2) is 4.98 Å². The first-order valence-corrected chi connectivity index (χ1v) is 7.22. The summed E-state index contributed by atoms with van der Waals surface area (Å²) in [6.45, 7) is 0.515. The first-order chi connectivity index (χ1) is 9.83. The molecule has 0 saturated carbocycles. The number of nitrogens with two attached hydrogens (primary N) is 1. The molecule has 20 heavy (non-hydrogen) atoms. The molecule has 3 aromatic rings. The van der Waals surface area contributed by atoms with E-state index < -0.39 is 0 Å². The van der Waals surface area contributed by atoms with Crippen LogP contribution >= 0.6 is 11.3 Å². The molecule has 0 saturated heterocycles. The van der Waals surface area contributed by atoms with Crippen LogP contribution in [0, 0.1) is 0 Å². The quantitative estimate of drug-likeness (QED) is 0.736. The van der Waals surface area contributed by atoms with Gasteiger partial charge in [0, 0.05) is 16.6 Å². The molecule has 3 nitrogen and oxygen atoms in total. The Labute approximate surface area is 121 Å². The first kappa shape index (κ1) is 12.7. The molecular weight excluding hydrogens is 268 g/mol. The minimum Gasteiger partial charge on any atom is -0.488 e. The first-order valence-electron chi connectivity index (χ1n) is 6.28. The number of aromatic nitrogens is 1. The van der Waals surface area contributed by atoms with Gasteiger partial charge in [-0.05, 0) is 29.8 Å². The molecule has 0 fully saturated rings. The summed E-state index contributed by atoms with van der Waals surface area (Å²) < 4.78 is 5.91. The molecule has 0 unspecified atom stereocenters. The van der Waals surface area contributed by atoms with E-state index in [-0.39, 0.29) is 0 Å². The second kappa shape index (κ2) is 5.75. The largest absolute Gasteiger partial charge is 0.488 e. The Morgan fingerprint density at radius 3 is 2.60 bits per heavy atom. The Bertz CT molecular complexity index is 678. The van der Waals surface area contributed by atoms with Gasteiger partial charge in [-0.2, -0.15) is 0 Å². The number of nitrogens with zero attached hydrogens (tertiary/aromatic N) is 1. The third-order valence-electron chi connectivity index (χ3n) is 2.97. The number of para-hydroxylation sites is 1. The van der Waals surface area contributed by atoms with Crippen molar-refractivity contribution in [1.82, 2.24) is 4.98 Å². The standard InChI is InChI=1S/C16H14N2OS/c17-13-7-5-12(6-8-13)9-19-16-4-2-1-3-14(16)15-10-20-11-18-15/h1-8,10-11H,9,17H2.